The molecule has 2 unspecified atom stereocenters. The summed E-state index contributed by atoms with van der Waals surface area (Å²) in [6.07, 6.45) is 0.664. The number of hydrogen-bond acceptors (Lipinski definition) is 3. The number of rotatable bonds is 3. The van der Waals surface area contributed by atoms with Crippen LogP contribution in [0.3, 0.4) is 0 Å². The van der Waals surface area contributed by atoms with Gasteiger partial charge in [0.1, 0.15) is 5.78 Å². The van der Waals surface area contributed by atoms with E-state index >= 15 is 0 Å². The van der Waals surface area contributed by atoms with Gasteiger partial charge in [-0.05, 0) is 13.3 Å². The summed E-state index contributed by atoms with van der Waals surface area (Å²) in [5.74, 6) is 0.225. The van der Waals surface area contributed by atoms with Crippen molar-refractivity contribution in [2.24, 2.45) is 5.92 Å². The summed E-state index contributed by atoms with van der Waals surface area (Å²) in [7, 11) is 0. The van der Waals surface area contributed by atoms with Crippen molar-refractivity contribution in [3.63, 3.8) is 0 Å². The van der Waals surface area contributed by atoms with Crippen molar-refractivity contribution >= 4 is 5.78 Å². The van der Waals surface area contributed by atoms with Crippen LogP contribution in [0.4, 0.5) is 0 Å². The van der Waals surface area contributed by atoms with Gasteiger partial charge in [-0.15, -0.1) is 0 Å². The number of ketones is 1. The first-order chi connectivity index (χ1) is 5.20. The molecule has 3 nitrogen and oxygen atoms in total. The number of ether oxygens (including phenoxy) is 1. The van der Waals surface area contributed by atoms with Crippen molar-refractivity contribution in [1.29, 1.82) is 0 Å². The van der Waals surface area contributed by atoms with Crippen LogP contribution >= 0.6 is 0 Å². The first-order valence-electron chi connectivity index (χ1n) is 3.95. The zero-order valence-corrected chi connectivity index (χ0v) is 6.75. The van der Waals surface area contributed by atoms with Crippen LogP contribution in [-0.4, -0.2) is 30.2 Å². The Balaban J connectivity index is 2.28. The minimum Gasteiger partial charge on any atom is -0.392 e. The summed E-state index contributed by atoms with van der Waals surface area (Å²) in [4.78, 5) is 10.6. The van der Waals surface area contributed by atoms with Crippen molar-refractivity contribution < 1.29 is 14.6 Å². The number of Topliss-reactive ketones (excluding diaryl/α,β-unsaturated/α-hetero) is 1. The fourth-order valence-electron chi connectivity index (χ4n) is 1.32. The highest BCUT2D eigenvalue weighted by Gasteiger charge is 2.24. The van der Waals surface area contributed by atoms with Crippen LogP contribution in [0.1, 0.15) is 19.8 Å². The summed E-state index contributed by atoms with van der Waals surface area (Å²) in [5, 5.41) is 9.42. The minimum atomic E-state index is -0.491. The van der Waals surface area contributed by atoms with Crippen molar-refractivity contribution in [2.45, 2.75) is 25.9 Å². The molecular weight excluding hydrogens is 144 g/mol. The second-order valence-electron chi connectivity index (χ2n) is 3.10. The van der Waals surface area contributed by atoms with Crippen molar-refractivity contribution in [1.82, 2.24) is 0 Å². The Kier molecular flexibility index (Phi) is 3.02. The zero-order chi connectivity index (χ0) is 8.27. The van der Waals surface area contributed by atoms with E-state index in [1.807, 2.05) is 0 Å². The van der Waals surface area contributed by atoms with E-state index in [2.05, 4.69) is 0 Å². The number of carbonyl (C=O) groups excluding carboxylic acids is 1. The SMILES string of the molecule is CC(=O)CC(O)C1CCOC1. The van der Waals surface area contributed by atoms with Gasteiger partial charge in [0.15, 0.2) is 0 Å². The molecule has 0 amide bonds. The molecule has 11 heavy (non-hydrogen) atoms. The zero-order valence-electron chi connectivity index (χ0n) is 6.75. The lowest BCUT2D eigenvalue weighted by atomic mass is 9.98. The summed E-state index contributed by atoms with van der Waals surface area (Å²) in [6, 6.07) is 0. The van der Waals surface area contributed by atoms with E-state index in [0.717, 1.165) is 13.0 Å². The van der Waals surface area contributed by atoms with E-state index < -0.39 is 6.10 Å². The van der Waals surface area contributed by atoms with Crippen molar-refractivity contribution in [3.8, 4) is 0 Å². The van der Waals surface area contributed by atoms with Crippen molar-refractivity contribution in [2.75, 3.05) is 13.2 Å². The lowest BCUT2D eigenvalue weighted by Gasteiger charge is -2.13. The van der Waals surface area contributed by atoms with E-state index in [4.69, 9.17) is 4.74 Å². The Morgan fingerprint density at radius 3 is 3.00 bits per heavy atom. The third-order valence-electron chi connectivity index (χ3n) is 2.01. The minimum absolute atomic E-state index is 0.0457. The molecular formula is C8H14O3. The normalized spacial score (nSPS) is 26.9. The second kappa shape index (κ2) is 3.83. The molecule has 3 heteroatoms. The summed E-state index contributed by atoms with van der Waals surface area (Å²) in [5.41, 5.74) is 0. The average molecular weight is 158 g/mol. The molecule has 0 spiro atoms. The van der Waals surface area contributed by atoms with Gasteiger partial charge in [-0.1, -0.05) is 0 Å². The molecule has 0 aromatic heterocycles. The van der Waals surface area contributed by atoms with Crippen LogP contribution in [0.25, 0.3) is 0 Å². The van der Waals surface area contributed by atoms with Gasteiger partial charge >= 0.3 is 0 Å². The van der Waals surface area contributed by atoms with E-state index in [-0.39, 0.29) is 18.1 Å². The van der Waals surface area contributed by atoms with Crippen LogP contribution < -0.4 is 0 Å². The van der Waals surface area contributed by atoms with E-state index in [1.54, 1.807) is 0 Å². The first kappa shape index (κ1) is 8.68. The number of hydrogen-bond donors (Lipinski definition) is 1. The Morgan fingerprint density at radius 1 is 1.82 bits per heavy atom. The maximum atomic E-state index is 10.6. The Morgan fingerprint density at radius 2 is 2.55 bits per heavy atom. The molecule has 0 aromatic rings. The van der Waals surface area contributed by atoms with Gasteiger partial charge in [-0.3, -0.25) is 4.79 Å². The van der Waals surface area contributed by atoms with Gasteiger partial charge in [0.25, 0.3) is 0 Å². The maximum Gasteiger partial charge on any atom is 0.132 e. The molecule has 1 fully saturated rings. The lowest BCUT2D eigenvalue weighted by Crippen LogP contribution is -2.22. The fourth-order valence-corrected chi connectivity index (χ4v) is 1.32. The number of aliphatic hydroxyl groups is 1. The summed E-state index contributed by atoms with van der Waals surface area (Å²) < 4.78 is 5.09. The van der Waals surface area contributed by atoms with Gasteiger partial charge in [0.2, 0.25) is 0 Å². The van der Waals surface area contributed by atoms with Crippen LogP contribution in [0.15, 0.2) is 0 Å². The molecule has 1 aliphatic rings. The van der Waals surface area contributed by atoms with Gasteiger partial charge in [-0.2, -0.15) is 0 Å². The molecule has 0 aromatic carbocycles. The maximum absolute atomic E-state index is 10.6. The molecule has 1 saturated heterocycles. The molecule has 1 rings (SSSR count). The largest absolute Gasteiger partial charge is 0.392 e. The third kappa shape index (κ3) is 2.60. The van der Waals surface area contributed by atoms with E-state index in [9.17, 15) is 9.90 Å². The number of aliphatic hydroxyl groups excluding tert-OH is 1. The topological polar surface area (TPSA) is 46.5 Å². The summed E-state index contributed by atoms with van der Waals surface area (Å²) >= 11 is 0. The highest BCUT2D eigenvalue weighted by Crippen LogP contribution is 2.18. The predicted octanol–water partition coefficient (Wildman–Crippen LogP) is 0.363. The summed E-state index contributed by atoms with van der Waals surface area (Å²) in [6.45, 7) is 2.83. The van der Waals surface area contributed by atoms with E-state index in [0.29, 0.717) is 6.61 Å². The van der Waals surface area contributed by atoms with Gasteiger partial charge in [-0.25, -0.2) is 0 Å². The predicted molar refractivity (Wildman–Crippen MR) is 40.2 cm³/mol. The third-order valence-corrected chi connectivity index (χ3v) is 2.01. The monoisotopic (exact) mass is 158 g/mol. The van der Waals surface area contributed by atoms with Crippen LogP contribution in [0, 0.1) is 5.92 Å². The van der Waals surface area contributed by atoms with Gasteiger partial charge in [0, 0.05) is 18.9 Å². The quantitative estimate of drug-likeness (QED) is 0.645. The molecule has 0 radical (unpaired) electrons. The number of carbonyl (C=O) groups is 1. The highest BCUT2D eigenvalue weighted by molar-refractivity contribution is 5.75. The molecule has 0 saturated carbocycles. The van der Waals surface area contributed by atoms with Crippen LogP contribution in [0.5, 0.6) is 0 Å². The van der Waals surface area contributed by atoms with Crippen LogP contribution in [-0.2, 0) is 9.53 Å². The standard InChI is InChI=1S/C8H14O3/c1-6(9)4-8(10)7-2-3-11-5-7/h7-8,10H,2-5H2,1H3. The van der Waals surface area contributed by atoms with Gasteiger partial charge < -0.3 is 9.84 Å². The molecule has 0 bridgehead atoms. The average Bonchev–Trinajstić information content (AvgIpc) is 2.35. The Hall–Kier alpha value is -0.410. The Bertz CT molecular complexity index is 138. The van der Waals surface area contributed by atoms with Crippen LogP contribution in [0.2, 0.25) is 0 Å². The molecule has 1 aliphatic heterocycles. The first-order valence-corrected chi connectivity index (χ1v) is 3.95. The fraction of sp³-hybridized carbons (Fsp3) is 0.875. The molecule has 1 N–H and O–H groups in total. The second-order valence-corrected chi connectivity index (χ2v) is 3.10. The van der Waals surface area contributed by atoms with Crippen molar-refractivity contribution in [3.05, 3.63) is 0 Å². The lowest BCUT2D eigenvalue weighted by molar-refractivity contribution is -0.119. The molecule has 0 aliphatic carbocycles. The smallest absolute Gasteiger partial charge is 0.132 e. The van der Waals surface area contributed by atoms with Gasteiger partial charge in [0.05, 0.1) is 12.7 Å². The van der Waals surface area contributed by atoms with E-state index in [1.165, 1.54) is 6.92 Å². The molecule has 1 heterocycles. The highest BCUT2D eigenvalue weighted by atomic mass is 16.5. The molecule has 64 valence electrons. The molecule has 2 atom stereocenters. The Labute approximate surface area is 66.4 Å².